The molecule has 124 valence electrons. The maximum absolute atomic E-state index is 13.6. The fourth-order valence-corrected chi connectivity index (χ4v) is 2.53. The summed E-state index contributed by atoms with van der Waals surface area (Å²) in [5.74, 6) is -0.0426. The third kappa shape index (κ3) is 4.20. The summed E-state index contributed by atoms with van der Waals surface area (Å²) in [5.41, 5.74) is 2.34. The summed E-state index contributed by atoms with van der Waals surface area (Å²) in [6.45, 7) is 0.971. The minimum absolute atomic E-state index is 0.128. The SMILES string of the molecule is O=C(/C=C/c1cc(F)cc2c1OCOC2)NCCc1ccccc1. The first-order chi connectivity index (χ1) is 11.7. The summed E-state index contributed by atoms with van der Waals surface area (Å²) < 4.78 is 24.2. The summed E-state index contributed by atoms with van der Waals surface area (Å²) in [7, 11) is 0. The molecule has 1 heterocycles. The molecule has 1 aliphatic heterocycles. The van der Waals surface area contributed by atoms with Gasteiger partial charge in [-0.05, 0) is 30.2 Å². The molecule has 0 bridgehead atoms. The van der Waals surface area contributed by atoms with E-state index in [4.69, 9.17) is 9.47 Å². The summed E-state index contributed by atoms with van der Waals surface area (Å²) in [6, 6.07) is 12.6. The summed E-state index contributed by atoms with van der Waals surface area (Å²) in [6.07, 6.45) is 3.71. The number of nitrogens with one attached hydrogen (secondary N) is 1. The molecule has 24 heavy (non-hydrogen) atoms. The van der Waals surface area contributed by atoms with E-state index in [1.165, 1.54) is 18.2 Å². The first kappa shape index (κ1) is 16.2. The number of hydrogen-bond donors (Lipinski definition) is 1. The number of fused-ring (bicyclic) bond motifs is 1. The van der Waals surface area contributed by atoms with E-state index in [-0.39, 0.29) is 18.5 Å². The number of rotatable bonds is 5. The largest absolute Gasteiger partial charge is 0.467 e. The van der Waals surface area contributed by atoms with Crippen molar-refractivity contribution in [2.75, 3.05) is 13.3 Å². The lowest BCUT2D eigenvalue weighted by atomic mass is 10.1. The van der Waals surface area contributed by atoms with Gasteiger partial charge in [0, 0.05) is 23.7 Å². The van der Waals surface area contributed by atoms with Gasteiger partial charge in [-0.1, -0.05) is 30.3 Å². The third-order valence-electron chi connectivity index (χ3n) is 3.67. The molecule has 2 aromatic rings. The quantitative estimate of drug-likeness (QED) is 0.859. The second kappa shape index (κ2) is 7.75. The molecule has 2 aromatic carbocycles. The highest BCUT2D eigenvalue weighted by Gasteiger charge is 2.15. The zero-order chi connectivity index (χ0) is 16.8. The predicted octanol–water partition coefficient (Wildman–Crippen LogP) is 3.06. The van der Waals surface area contributed by atoms with Crippen molar-refractivity contribution in [3.63, 3.8) is 0 Å². The standard InChI is InChI=1S/C19H18FNO3/c20-17-10-15(19-16(11-17)12-23-13-24-19)6-7-18(22)21-9-8-14-4-2-1-3-5-14/h1-7,10-11H,8-9,12-13H2,(H,21,22)/b7-6+. The van der Waals surface area contributed by atoms with Crippen LogP contribution in [0.3, 0.4) is 0 Å². The molecular formula is C19H18FNO3. The second-order valence-corrected chi connectivity index (χ2v) is 5.45. The number of carbonyl (C=O) groups excluding carboxylic acids is 1. The van der Waals surface area contributed by atoms with Gasteiger partial charge in [-0.25, -0.2) is 4.39 Å². The minimum atomic E-state index is -0.382. The Balaban J connectivity index is 1.59. The highest BCUT2D eigenvalue weighted by molar-refractivity contribution is 5.92. The number of amides is 1. The Morgan fingerprint density at radius 2 is 2.08 bits per heavy atom. The third-order valence-corrected chi connectivity index (χ3v) is 3.67. The van der Waals surface area contributed by atoms with Gasteiger partial charge in [-0.3, -0.25) is 4.79 Å². The fourth-order valence-electron chi connectivity index (χ4n) is 2.53. The highest BCUT2D eigenvalue weighted by atomic mass is 19.1. The molecule has 0 saturated heterocycles. The van der Waals surface area contributed by atoms with E-state index in [1.807, 2.05) is 30.3 Å². The van der Waals surface area contributed by atoms with Crippen molar-refractivity contribution >= 4 is 12.0 Å². The molecule has 0 atom stereocenters. The topological polar surface area (TPSA) is 47.6 Å². The molecule has 5 heteroatoms. The Morgan fingerprint density at radius 3 is 2.92 bits per heavy atom. The van der Waals surface area contributed by atoms with Gasteiger partial charge in [0.25, 0.3) is 0 Å². The maximum atomic E-state index is 13.6. The molecule has 0 aliphatic carbocycles. The molecule has 4 nitrogen and oxygen atoms in total. The molecule has 0 saturated carbocycles. The first-order valence-corrected chi connectivity index (χ1v) is 7.75. The average Bonchev–Trinajstić information content (AvgIpc) is 2.60. The van der Waals surface area contributed by atoms with Gasteiger partial charge >= 0.3 is 0 Å². The zero-order valence-corrected chi connectivity index (χ0v) is 13.1. The van der Waals surface area contributed by atoms with Crippen LogP contribution in [-0.4, -0.2) is 19.2 Å². The molecule has 1 N–H and O–H groups in total. The van der Waals surface area contributed by atoms with E-state index in [0.717, 1.165) is 12.0 Å². The lowest BCUT2D eigenvalue weighted by Crippen LogP contribution is -2.23. The Labute approximate surface area is 139 Å². The molecule has 0 unspecified atom stereocenters. The number of benzene rings is 2. The Hall–Kier alpha value is -2.66. The van der Waals surface area contributed by atoms with Crippen molar-refractivity contribution in [2.45, 2.75) is 13.0 Å². The van der Waals surface area contributed by atoms with Crippen molar-refractivity contribution in [1.82, 2.24) is 5.32 Å². The van der Waals surface area contributed by atoms with Crippen LogP contribution >= 0.6 is 0 Å². The molecule has 1 amide bonds. The average molecular weight is 327 g/mol. The van der Waals surface area contributed by atoms with Crippen molar-refractivity contribution in [1.29, 1.82) is 0 Å². The Bertz CT molecular complexity index is 744. The van der Waals surface area contributed by atoms with Crippen molar-refractivity contribution in [3.05, 3.63) is 71.0 Å². The monoisotopic (exact) mass is 327 g/mol. The van der Waals surface area contributed by atoms with Crippen LogP contribution in [0, 0.1) is 5.82 Å². The van der Waals surface area contributed by atoms with Crippen LogP contribution in [0.2, 0.25) is 0 Å². The van der Waals surface area contributed by atoms with Crippen LogP contribution in [0.5, 0.6) is 5.75 Å². The fraction of sp³-hybridized carbons (Fsp3) is 0.211. The molecule has 0 fully saturated rings. The molecule has 1 aliphatic rings. The summed E-state index contributed by atoms with van der Waals surface area (Å²) in [4.78, 5) is 11.9. The number of hydrogen-bond acceptors (Lipinski definition) is 3. The minimum Gasteiger partial charge on any atom is -0.467 e. The van der Waals surface area contributed by atoms with Crippen molar-refractivity contribution in [3.8, 4) is 5.75 Å². The molecule has 0 aromatic heterocycles. The molecular weight excluding hydrogens is 309 g/mol. The predicted molar refractivity (Wildman–Crippen MR) is 88.9 cm³/mol. The lowest BCUT2D eigenvalue weighted by molar-refractivity contribution is -0.116. The van der Waals surface area contributed by atoms with Crippen LogP contribution in [0.1, 0.15) is 16.7 Å². The van der Waals surface area contributed by atoms with E-state index in [2.05, 4.69) is 5.32 Å². The van der Waals surface area contributed by atoms with E-state index < -0.39 is 0 Å². The molecule has 3 rings (SSSR count). The number of ether oxygens (including phenoxy) is 2. The van der Waals surface area contributed by atoms with Crippen LogP contribution in [0.15, 0.2) is 48.5 Å². The van der Waals surface area contributed by atoms with Gasteiger partial charge in [0.05, 0.1) is 6.61 Å². The Morgan fingerprint density at radius 1 is 1.25 bits per heavy atom. The van der Waals surface area contributed by atoms with E-state index in [9.17, 15) is 9.18 Å². The zero-order valence-electron chi connectivity index (χ0n) is 13.1. The van der Waals surface area contributed by atoms with Crippen LogP contribution in [0.25, 0.3) is 6.08 Å². The van der Waals surface area contributed by atoms with E-state index in [0.29, 0.717) is 30.0 Å². The van der Waals surface area contributed by atoms with Gasteiger partial charge in [-0.15, -0.1) is 0 Å². The van der Waals surface area contributed by atoms with Gasteiger partial charge in [0.1, 0.15) is 11.6 Å². The molecule has 0 spiro atoms. The Kier molecular flexibility index (Phi) is 5.23. The normalized spacial score (nSPS) is 13.4. The smallest absolute Gasteiger partial charge is 0.244 e. The van der Waals surface area contributed by atoms with Gasteiger partial charge in [0.2, 0.25) is 5.91 Å². The highest BCUT2D eigenvalue weighted by Crippen LogP contribution is 2.30. The number of carbonyl (C=O) groups is 1. The van der Waals surface area contributed by atoms with Crippen LogP contribution in [0.4, 0.5) is 4.39 Å². The summed E-state index contributed by atoms with van der Waals surface area (Å²) in [5, 5.41) is 2.81. The van der Waals surface area contributed by atoms with Gasteiger partial charge in [0.15, 0.2) is 6.79 Å². The van der Waals surface area contributed by atoms with E-state index in [1.54, 1.807) is 6.08 Å². The van der Waals surface area contributed by atoms with Crippen molar-refractivity contribution in [2.24, 2.45) is 0 Å². The van der Waals surface area contributed by atoms with E-state index >= 15 is 0 Å². The second-order valence-electron chi connectivity index (χ2n) is 5.45. The van der Waals surface area contributed by atoms with Crippen molar-refractivity contribution < 1.29 is 18.7 Å². The molecule has 0 radical (unpaired) electrons. The summed E-state index contributed by atoms with van der Waals surface area (Å²) >= 11 is 0. The van der Waals surface area contributed by atoms with Crippen LogP contribution < -0.4 is 10.1 Å². The number of halogens is 1. The van der Waals surface area contributed by atoms with Crippen LogP contribution in [-0.2, 0) is 22.6 Å². The maximum Gasteiger partial charge on any atom is 0.244 e. The lowest BCUT2D eigenvalue weighted by Gasteiger charge is -2.19. The van der Waals surface area contributed by atoms with Gasteiger partial charge in [-0.2, -0.15) is 0 Å². The first-order valence-electron chi connectivity index (χ1n) is 7.75. The van der Waals surface area contributed by atoms with Gasteiger partial charge < -0.3 is 14.8 Å².